The number of nitrogens with zero attached hydrogens (tertiary/aromatic N) is 2. The van der Waals surface area contributed by atoms with E-state index in [0.717, 1.165) is 12.8 Å². The summed E-state index contributed by atoms with van der Waals surface area (Å²) in [4.78, 5) is 5.93. The van der Waals surface area contributed by atoms with Crippen molar-refractivity contribution < 1.29 is 26.7 Å². The molecular formula is C19H25F5N4O. The van der Waals surface area contributed by atoms with Gasteiger partial charge in [-0.3, -0.25) is 9.89 Å². The van der Waals surface area contributed by atoms with Crippen molar-refractivity contribution in [2.75, 3.05) is 26.7 Å². The first-order valence-corrected chi connectivity index (χ1v) is 9.60. The van der Waals surface area contributed by atoms with E-state index in [1.807, 2.05) is 0 Å². The quantitative estimate of drug-likeness (QED) is 0.421. The number of aliphatic imine (C=N–C) groups is 1. The third-order valence-electron chi connectivity index (χ3n) is 5.20. The molecule has 1 aliphatic carbocycles. The fraction of sp³-hybridized carbons (Fsp3) is 0.632. The molecule has 29 heavy (non-hydrogen) atoms. The average molecular weight is 420 g/mol. The van der Waals surface area contributed by atoms with Gasteiger partial charge in [0.1, 0.15) is 5.75 Å². The van der Waals surface area contributed by atoms with Crippen molar-refractivity contribution >= 4 is 5.96 Å². The van der Waals surface area contributed by atoms with E-state index < -0.39 is 12.8 Å². The molecule has 0 aromatic heterocycles. The number of para-hydroxylation sites is 1. The molecule has 2 unspecified atom stereocenters. The van der Waals surface area contributed by atoms with Crippen molar-refractivity contribution in [2.45, 2.75) is 50.1 Å². The number of hydrogen-bond donors (Lipinski definition) is 2. The maximum Gasteiger partial charge on any atom is 0.573 e. The van der Waals surface area contributed by atoms with Crippen molar-refractivity contribution in [3.63, 3.8) is 0 Å². The number of halogens is 5. The normalized spacial score (nSPS) is 23.9. The zero-order chi connectivity index (χ0) is 21.0. The third-order valence-corrected chi connectivity index (χ3v) is 5.20. The number of rotatable bonds is 6. The van der Waals surface area contributed by atoms with Gasteiger partial charge in [0.25, 0.3) is 6.43 Å². The summed E-state index contributed by atoms with van der Waals surface area (Å²) in [6.45, 7) is 0.975. The summed E-state index contributed by atoms with van der Waals surface area (Å²) in [6.07, 6.45) is -4.94. The molecule has 10 heteroatoms. The summed E-state index contributed by atoms with van der Waals surface area (Å²) in [6, 6.07) is 6.23. The van der Waals surface area contributed by atoms with Crippen LogP contribution in [-0.2, 0) is 0 Å². The van der Waals surface area contributed by atoms with E-state index in [9.17, 15) is 22.0 Å². The minimum absolute atomic E-state index is 0.0434. The second-order valence-electron chi connectivity index (χ2n) is 7.36. The van der Waals surface area contributed by atoms with E-state index in [4.69, 9.17) is 0 Å². The highest BCUT2D eigenvalue weighted by Gasteiger charge is 2.42. The lowest BCUT2D eigenvalue weighted by Crippen LogP contribution is -2.49. The molecule has 1 aromatic carbocycles. The van der Waals surface area contributed by atoms with Crippen LogP contribution in [0.3, 0.4) is 0 Å². The first kappa shape index (κ1) is 21.6. The number of nitrogens with one attached hydrogen (secondary N) is 2. The fourth-order valence-electron chi connectivity index (χ4n) is 3.70. The molecule has 3 rings (SSSR count). The molecule has 0 amide bonds. The number of guanidine groups is 1. The molecule has 1 saturated heterocycles. The highest BCUT2D eigenvalue weighted by Crippen LogP contribution is 2.45. The molecule has 1 heterocycles. The molecule has 1 saturated carbocycles. The van der Waals surface area contributed by atoms with Gasteiger partial charge >= 0.3 is 6.36 Å². The number of hydrogen-bond acceptors (Lipinski definition) is 3. The first-order chi connectivity index (χ1) is 13.7. The number of alkyl halides is 5. The van der Waals surface area contributed by atoms with Gasteiger partial charge in [-0.25, -0.2) is 8.78 Å². The van der Waals surface area contributed by atoms with Gasteiger partial charge in [0.15, 0.2) is 5.96 Å². The Morgan fingerprint density at radius 3 is 2.52 bits per heavy atom. The van der Waals surface area contributed by atoms with Gasteiger partial charge in [0.2, 0.25) is 0 Å². The monoisotopic (exact) mass is 420 g/mol. The van der Waals surface area contributed by atoms with Gasteiger partial charge in [-0.1, -0.05) is 18.2 Å². The van der Waals surface area contributed by atoms with Crippen LogP contribution in [0.1, 0.15) is 30.7 Å². The van der Waals surface area contributed by atoms with E-state index in [2.05, 4.69) is 20.4 Å². The largest absolute Gasteiger partial charge is 0.573 e. The fourth-order valence-corrected chi connectivity index (χ4v) is 3.70. The summed E-state index contributed by atoms with van der Waals surface area (Å²) < 4.78 is 66.9. The Morgan fingerprint density at radius 1 is 1.21 bits per heavy atom. The molecule has 1 aromatic rings. The Bertz CT molecular complexity index is 704. The maximum atomic E-state index is 12.6. The smallest absolute Gasteiger partial charge is 0.405 e. The lowest BCUT2D eigenvalue weighted by Gasteiger charge is -2.32. The van der Waals surface area contributed by atoms with Gasteiger partial charge < -0.3 is 15.4 Å². The van der Waals surface area contributed by atoms with Crippen LogP contribution in [0.4, 0.5) is 22.0 Å². The van der Waals surface area contributed by atoms with E-state index in [1.165, 1.54) is 12.1 Å². The minimum Gasteiger partial charge on any atom is -0.405 e. The molecule has 1 aliphatic heterocycles. The van der Waals surface area contributed by atoms with Crippen molar-refractivity contribution in [1.29, 1.82) is 0 Å². The first-order valence-electron chi connectivity index (χ1n) is 9.60. The second kappa shape index (κ2) is 9.15. The van der Waals surface area contributed by atoms with Crippen molar-refractivity contribution in [1.82, 2.24) is 15.5 Å². The van der Waals surface area contributed by atoms with Crippen LogP contribution in [0.15, 0.2) is 29.3 Å². The van der Waals surface area contributed by atoms with Crippen molar-refractivity contribution in [2.24, 2.45) is 4.99 Å². The number of benzene rings is 1. The third kappa shape index (κ3) is 6.45. The Kier molecular flexibility index (Phi) is 6.81. The van der Waals surface area contributed by atoms with E-state index in [-0.39, 0.29) is 30.3 Å². The summed E-state index contributed by atoms with van der Waals surface area (Å²) in [7, 11) is 1.62. The number of piperidine rings is 1. The zero-order valence-electron chi connectivity index (χ0n) is 16.1. The lowest BCUT2D eigenvalue weighted by molar-refractivity contribution is -0.274. The molecule has 0 bridgehead atoms. The van der Waals surface area contributed by atoms with E-state index >= 15 is 0 Å². The molecule has 2 fully saturated rings. The van der Waals surface area contributed by atoms with Gasteiger partial charge in [0, 0.05) is 38.1 Å². The lowest BCUT2D eigenvalue weighted by atomic mass is 10.1. The SMILES string of the molecule is CN=C(NC1CCN(CC(F)F)CC1)NC1CC1c1ccccc1OC(F)(F)F. The van der Waals surface area contributed by atoms with Gasteiger partial charge in [-0.2, -0.15) is 0 Å². The minimum atomic E-state index is -4.73. The summed E-state index contributed by atoms with van der Waals surface area (Å²) in [5.74, 6) is 0.294. The predicted octanol–water partition coefficient (Wildman–Crippen LogP) is 3.34. The molecule has 2 N–H and O–H groups in total. The van der Waals surface area contributed by atoms with E-state index in [1.54, 1.807) is 24.1 Å². The van der Waals surface area contributed by atoms with Gasteiger partial charge in [-0.15, -0.1) is 13.2 Å². The zero-order valence-corrected chi connectivity index (χ0v) is 16.1. The van der Waals surface area contributed by atoms with E-state index in [0.29, 0.717) is 31.0 Å². The maximum absolute atomic E-state index is 12.6. The Hall–Kier alpha value is -2.10. The molecular weight excluding hydrogens is 395 g/mol. The van der Waals surface area contributed by atoms with Crippen LogP contribution in [0.5, 0.6) is 5.75 Å². The Labute approximate surface area is 166 Å². The number of likely N-dealkylation sites (tertiary alicyclic amines) is 1. The highest BCUT2D eigenvalue weighted by atomic mass is 19.4. The van der Waals surface area contributed by atoms with Crippen molar-refractivity contribution in [3.8, 4) is 5.75 Å². The summed E-state index contributed by atoms with van der Waals surface area (Å²) in [5.41, 5.74) is 0.512. The molecule has 0 radical (unpaired) electrons. The Morgan fingerprint density at radius 2 is 1.90 bits per heavy atom. The standard InChI is InChI=1S/C19H25F5N4O/c1-25-18(26-12-6-8-28(9-7-12)11-17(20)21)27-15-10-14(15)13-4-2-3-5-16(13)29-19(22,23)24/h2-5,12,14-15,17H,6-11H2,1H3,(H2,25,26,27). The molecule has 162 valence electrons. The van der Waals surface area contributed by atoms with Crippen LogP contribution in [0, 0.1) is 0 Å². The van der Waals surface area contributed by atoms with Crippen LogP contribution < -0.4 is 15.4 Å². The highest BCUT2D eigenvalue weighted by molar-refractivity contribution is 5.81. The summed E-state index contributed by atoms with van der Waals surface area (Å²) >= 11 is 0. The van der Waals surface area contributed by atoms with Crippen LogP contribution >= 0.6 is 0 Å². The predicted molar refractivity (Wildman–Crippen MR) is 99.4 cm³/mol. The molecule has 5 nitrogen and oxygen atoms in total. The van der Waals surface area contributed by atoms with Crippen molar-refractivity contribution in [3.05, 3.63) is 29.8 Å². The molecule has 2 atom stereocenters. The van der Waals surface area contributed by atoms with Crippen LogP contribution in [-0.4, -0.2) is 62.4 Å². The molecule has 2 aliphatic rings. The van der Waals surface area contributed by atoms with Crippen LogP contribution in [0.25, 0.3) is 0 Å². The molecule has 0 spiro atoms. The Balaban J connectivity index is 1.50. The number of ether oxygens (including phenoxy) is 1. The van der Waals surface area contributed by atoms with Crippen LogP contribution in [0.2, 0.25) is 0 Å². The van der Waals surface area contributed by atoms with Gasteiger partial charge in [-0.05, 0) is 30.9 Å². The summed E-state index contributed by atoms with van der Waals surface area (Å²) in [5, 5.41) is 6.53. The average Bonchev–Trinajstić information content (AvgIpc) is 3.40. The van der Waals surface area contributed by atoms with Gasteiger partial charge in [0.05, 0.1) is 6.54 Å². The topological polar surface area (TPSA) is 48.9 Å². The second-order valence-corrected chi connectivity index (χ2v) is 7.36.